The van der Waals surface area contributed by atoms with Crippen LogP contribution in [0.2, 0.25) is 0 Å². The highest BCUT2D eigenvalue weighted by molar-refractivity contribution is 5.85. The van der Waals surface area contributed by atoms with Gasteiger partial charge in [-0.05, 0) is 17.7 Å². The van der Waals surface area contributed by atoms with E-state index in [1.165, 1.54) is 44.5 Å². The SMILES string of the molecule is Cl.Cn1ncnc1-c1cn2ccn(Cc3ccc(F)cc3)c(=O)c2c(O)c1=O. The fourth-order valence-electron chi connectivity index (χ4n) is 2.92. The van der Waals surface area contributed by atoms with Crippen LogP contribution in [0, 0.1) is 5.82 Å². The van der Waals surface area contributed by atoms with Crippen molar-refractivity contribution in [3.63, 3.8) is 0 Å². The number of hydrogen-bond acceptors (Lipinski definition) is 5. The van der Waals surface area contributed by atoms with Crippen LogP contribution in [0.3, 0.4) is 0 Å². The lowest BCUT2D eigenvalue weighted by Gasteiger charge is -2.11. The average Bonchev–Trinajstić information content (AvgIpc) is 3.07. The van der Waals surface area contributed by atoms with Gasteiger partial charge in [0.05, 0.1) is 12.1 Å². The maximum atomic E-state index is 13.0. The zero-order valence-electron chi connectivity index (χ0n) is 14.6. The molecule has 0 fully saturated rings. The van der Waals surface area contributed by atoms with Crippen LogP contribution >= 0.6 is 12.4 Å². The van der Waals surface area contributed by atoms with E-state index in [-0.39, 0.29) is 41.7 Å². The largest absolute Gasteiger partial charge is 0.503 e. The van der Waals surface area contributed by atoms with Gasteiger partial charge in [-0.25, -0.2) is 14.1 Å². The van der Waals surface area contributed by atoms with Crippen molar-refractivity contribution in [2.75, 3.05) is 0 Å². The maximum absolute atomic E-state index is 13.0. The van der Waals surface area contributed by atoms with Crippen molar-refractivity contribution in [1.29, 1.82) is 0 Å². The Kier molecular flexibility index (Phi) is 5.02. The van der Waals surface area contributed by atoms with Crippen molar-refractivity contribution in [3.8, 4) is 17.1 Å². The number of hydrogen-bond donors (Lipinski definition) is 1. The molecule has 0 saturated heterocycles. The van der Waals surface area contributed by atoms with E-state index in [1.807, 2.05) is 0 Å². The van der Waals surface area contributed by atoms with Gasteiger partial charge in [-0.1, -0.05) is 12.1 Å². The Morgan fingerprint density at radius 2 is 1.86 bits per heavy atom. The number of fused-ring (bicyclic) bond motifs is 1. The number of benzene rings is 1. The minimum atomic E-state index is -0.706. The maximum Gasteiger partial charge on any atom is 0.279 e. The van der Waals surface area contributed by atoms with Gasteiger partial charge in [0.2, 0.25) is 5.43 Å². The van der Waals surface area contributed by atoms with E-state index in [1.54, 1.807) is 25.4 Å². The van der Waals surface area contributed by atoms with Gasteiger partial charge in [-0.2, -0.15) is 5.10 Å². The average molecular weight is 404 g/mol. The molecule has 0 amide bonds. The molecule has 0 unspecified atom stereocenters. The molecule has 144 valence electrons. The Labute approximate surface area is 163 Å². The van der Waals surface area contributed by atoms with E-state index in [4.69, 9.17) is 0 Å². The summed E-state index contributed by atoms with van der Waals surface area (Å²) in [6, 6.07) is 5.73. The number of nitrogens with zero attached hydrogens (tertiary/aromatic N) is 5. The molecule has 0 aliphatic rings. The molecule has 0 bridgehead atoms. The van der Waals surface area contributed by atoms with Crippen LogP contribution in [0.1, 0.15) is 5.56 Å². The zero-order valence-corrected chi connectivity index (χ0v) is 15.4. The van der Waals surface area contributed by atoms with Gasteiger partial charge in [-0.3, -0.25) is 9.59 Å². The first-order chi connectivity index (χ1) is 13.0. The van der Waals surface area contributed by atoms with Gasteiger partial charge in [0.1, 0.15) is 12.1 Å². The smallest absolute Gasteiger partial charge is 0.279 e. The second-order valence-corrected chi connectivity index (χ2v) is 6.04. The molecule has 10 heteroatoms. The molecular weight excluding hydrogens is 389 g/mol. The van der Waals surface area contributed by atoms with Gasteiger partial charge in [0.15, 0.2) is 17.1 Å². The van der Waals surface area contributed by atoms with Crippen molar-refractivity contribution in [3.05, 3.63) is 81.1 Å². The lowest BCUT2D eigenvalue weighted by molar-refractivity contribution is 0.472. The lowest BCUT2D eigenvalue weighted by atomic mass is 10.2. The Hall–Kier alpha value is -3.46. The number of halogens is 2. The van der Waals surface area contributed by atoms with Crippen molar-refractivity contribution in [2.24, 2.45) is 7.05 Å². The molecule has 3 heterocycles. The predicted octanol–water partition coefficient (Wildman–Crippen LogP) is 1.57. The molecule has 0 saturated carbocycles. The Morgan fingerprint density at radius 3 is 2.50 bits per heavy atom. The monoisotopic (exact) mass is 403 g/mol. The fraction of sp³-hybridized carbons (Fsp3) is 0.111. The van der Waals surface area contributed by atoms with Crippen LogP contribution in [0.4, 0.5) is 4.39 Å². The highest BCUT2D eigenvalue weighted by Crippen LogP contribution is 2.17. The number of aromatic nitrogens is 5. The summed E-state index contributed by atoms with van der Waals surface area (Å²) in [4.78, 5) is 29.3. The molecule has 0 atom stereocenters. The Balaban J connectivity index is 0.00000225. The molecule has 1 N–H and O–H groups in total. The van der Waals surface area contributed by atoms with Crippen LogP contribution in [-0.4, -0.2) is 28.8 Å². The second-order valence-electron chi connectivity index (χ2n) is 6.04. The summed E-state index contributed by atoms with van der Waals surface area (Å²) in [6.07, 6.45) is 5.81. The molecule has 4 rings (SSSR count). The molecule has 8 nitrogen and oxygen atoms in total. The molecule has 4 aromatic rings. The predicted molar refractivity (Wildman–Crippen MR) is 102 cm³/mol. The van der Waals surface area contributed by atoms with E-state index < -0.39 is 16.7 Å². The minimum absolute atomic E-state index is 0. The Bertz CT molecular complexity index is 1280. The molecule has 0 aliphatic carbocycles. The van der Waals surface area contributed by atoms with Crippen molar-refractivity contribution < 1.29 is 9.50 Å². The summed E-state index contributed by atoms with van der Waals surface area (Å²) in [6.45, 7) is 0.175. The van der Waals surface area contributed by atoms with Crippen molar-refractivity contribution in [1.82, 2.24) is 23.7 Å². The molecule has 1 aromatic carbocycles. The van der Waals surface area contributed by atoms with Gasteiger partial charge >= 0.3 is 0 Å². The summed E-state index contributed by atoms with van der Waals surface area (Å²) in [5.41, 5.74) is -0.555. The van der Waals surface area contributed by atoms with Crippen molar-refractivity contribution in [2.45, 2.75) is 6.54 Å². The lowest BCUT2D eigenvalue weighted by Crippen LogP contribution is -2.25. The van der Waals surface area contributed by atoms with Crippen LogP contribution in [0.25, 0.3) is 16.9 Å². The molecule has 0 radical (unpaired) electrons. The van der Waals surface area contributed by atoms with E-state index in [0.29, 0.717) is 5.56 Å². The van der Waals surface area contributed by atoms with Gasteiger partial charge in [0, 0.05) is 25.6 Å². The third-order valence-corrected chi connectivity index (χ3v) is 4.30. The highest BCUT2D eigenvalue weighted by Gasteiger charge is 2.18. The van der Waals surface area contributed by atoms with Gasteiger partial charge in [-0.15, -0.1) is 12.4 Å². The first-order valence-corrected chi connectivity index (χ1v) is 8.02. The molecule has 0 spiro atoms. The number of aryl methyl sites for hydroxylation is 1. The van der Waals surface area contributed by atoms with Crippen LogP contribution in [0.15, 0.2) is 58.8 Å². The molecule has 0 aliphatic heterocycles. The normalized spacial score (nSPS) is 10.8. The van der Waals surface area contributed by atoms with E-state index in [2.05, 4.69) is 10.1 Å². The van der Waals surface area contributed by atoms with E-state index in [9.17, 15) is 19.1 Å². The number of aromatic hydroxyl groups is 1. The summed E-state index contributed by atoms with van der Waals surface area (Å²) in [7, 11) is 1.62. The Morgan fingerprint density at radius 1 is 1.14 bits per heavy atom. The first-order valence-electron chi connectivity index (χ1n) is 8.02. The third-order valence-electron chi connectivity index (χ3n) is 4.30. The topological polar surface area (TPSA) is 94.4 Å². The van der Waals surface area contributed by atoms with Crippen LogP contribution < -0.4 is 11.0 Å². The van der Waals surface area contributed by atoms with Crippen LogP contribution in [0.5, 0.6) is 5.75 Å². The standard InChI is InChI=1S/C18H14FN5O3.ClH/c1-22-17(20-10-21-22)13-9-23-6-7-24(8-11-2-4-12(19)5-3-11)18(27)14(23)16(26)15(13)25;/h2-7,9-10,26H,8H2,1H3;1H. The van der Waals surface area contributed by atoms with Crippen molar-refractivity contribution >= 4 is 17.9 Å². The molecular formula is C18H15ClFN5O3. The molecule has 28 heavy (non-hydrogen) atoms. The van der Waals surface area contributed by atoms with Gasteiger partial charge in [0.25, 0.3) is 5.56 Å². The first kappa shape index (κ1) is 19.3. The van der Waals surface area contributed by atoms with Gasteiger partial charge < -0.3 is 14.1 Å². The summed E-state index contributed by atoms with van der Waals surface area (Å²) in [5, 5.41) is 14.3. The fourth-order valence-corrected chi connectivity index (χ4v) is 2.92. The van der Waals surface area contributed by atoms with Crippen LogP contribution in [-0.2, 0) is 13.6 Å². The molecule has 3 aromatic heterocycles. The summed E-state index contributed by atoms with van der Waals surface area (Å²) < 4.78 is 17.2. The number of rotatable bonds is 3. The minimum Gasteiger partial charge on any atom is -0.503 e. The third kappa shape index (κ3) is 3.16. The summed E-state index contributed by atoms with van der Waals surface area (Å²) >= 11 is 0. The summed E-state index contributed by atoms with van der Waals surface area (Å²) in [5.74, 6) is -0.751. The van der Waals surface area contributed by atoms with E-state index >= 15 is 0 Å². The second kappa shape index (κ2) is 7.28. The number of pyridine rings is 1. The quantitative estimate of drug-likeness (QED) is 0.560. The van der Waals surface area contributed by atoms with E-state index in [0.717, 1.165) is 0 Å². The zero-order chi connectivity index (χ0) is 19.1. The highest BCUT2D eigenvalue weighted by atomic mass is 35.5.